The Bertz CT molecular complexity index is 269. The van der Waals surface area contributed by atoms with Crippen molar-refractivity contribution in [3.63, 3.8) is 0 Å². The number of hydrogen-bond acceptors (Lipinski definition) is 4. The molecule has 3 atom stereocenters. The molecule has 1 aliphatic rings. The summed E-state index contributed by atoms with van der Waals surface area (Å²) in [5.74, 6) is -0.181. The minimum atomic E-state index is -0.832. The highest BCUT2D eigenvalue weighted by Crippen LogP contribution is 2.14. The van der Waals surface area contributed by atoms with E-state index in [4.69, 9.17) is 4.74 Å². The molecule has 1 amide bonds. The van der Waals surface area contributed by atoms with Crippen molar-refractivity contribution in [3.8, 4) is 0 Å². The fraction of sp³-hybridized carbons (Fsp3) is 0.923. The van der Waals surface area contributed by atoms with Crippen molar-refractivity contribution in [1.29, 1.82) is 0 Å². The van der Waals surface area contributed by atoms with E-state index in [0.29, 0.717) is 26.2 Å². The van der Waals surface area contributed by atoms with Crippen LogP contribution in [0.3, 0.4) is 0 Å². The Kier molecular flexibility index (Phi) is 6.05. The first-order valence-electron chi connectivity index (χ1n) is 6.81. The van der Waals surface area contributed by atoms with Gasteiger partial charge in [-0.15, -0.1) is 0 Å². The first kappa shape index (κ1) is 15.4. The number of carbonyl (C=O) groups excluding carboxylic acids is 1. The van der Waals surface area contributed by atoms with Gasteiger partial charge < -0.3 is 20.5 Å². The van der Waals surface area contributed by atoms with E-state index in [1.807, 2.05) is 6.92 Å². The normalized spacial score (nSPS) is 26.9. The highest BCUT2D eigenvalue weighted by atomic mass is 16.5. The number of nitrogens with one attached hydrogen (secondary N) is 2. The molecule has 1 saturated heterocycles. The summed E-state index contributed by atoms with van der Waals surface area (Å²) in [4.78, 5) is 12.0. The first-order valence-corrected chi connectivity index (χ1v) is 6.81. The van der Waals surface area contributed by atoms with E-state index in [0.717, 1.165) is 13.0 Å². The average Bonchev–Trinajstić information content (AvgIpc) is 2.82. The molecule has 18 heavy (non-hydrogen) atoms. The van der Waals surface area contributed by atoms with Gasteiger partial charge in [0.15, 0.2) is 0 Å². The van der Waals surface area contributed by atoms with Gasteiger partial charge in [0.05, 0.1) is 24.7 Å². The molecule has 1 heterocycles. The van der Waals surface area contributed by atoms with Crippen LogP contribution in [-0.2, 0) is 9.53 Å². The second-order valence-electron chi connectivity index (χ2n) is 5.27. The Morgan fingerprint density at radius 1 is 1.44 bits per heavy atom. The van der Waals surface area contributed by atoms with E-state index in [-0.39, 0.29) is 17.9 Å². The van der Waals surface area contributed by atoms with Gasteiger partial charge in [-0.2, -0.15) is 0 Å². The van der Waals surface area contributed by atoms with Crippen molar-refractivity contribution in [3.05, 3.63) is 0 Å². The van der Waals surface area contributed by atoms with Gasteiger partial charge >= 0.3 is 0 Å². The van der Waals surface area contributed by atoms with Gasteiger partial charge in [-0.25, -0.2) is 0 Å². The quantitative estimate of drug-likeness (QED) is 0.613. The molecule has 0 aromatic heterocycles. The molecule has 5 heteroatoms. The summed E-state index contributed by atoms with van der Waals surface area (Å²) in [5.41, 5.74) is -0.832. The van der Waals surface area contributed by atoms with Crippen LogP contribution in [0, 0.1) is 5.92 Å². The zero-order valence-electron chi connectivity index (χ0n) is 11.7. The van der Waals surface area contributed by atoms with Gasteiger partial charge in [-0.3, -0.25) is 4.79 Å². The minimum absolute atomic E-state index is 0.0326. The zero-order chi connectivity index (χ0) is 13.6. The highest BCUT2D eigenvalue weighted by molar-refractivity contribution is 5.79. The van der Waals surface area contributed by atoms with Crippen molar-refractivity contribution < 1.29 is 14.6 Å². The predicted octanol–water partition coefficient (Wildman–Crippen LogP) is 0.278. The first-order chi connectivity index (χ1) is 8.50. The number of carbonyl (C=O) groups is 1. The van der Waals surface area contributed by atoms with Crippen molar-refractivity contribution >= 4 is 5.91 Å². The largest absolute Gasteiger partial charge is 0.388 e. The van der Waals surface area contributed by atoms with Gasteiger partial charge in [0.25, 0.3) is 0 Å². The fourth-order valence-electron chi connectivity index (χ4n) is 1.88. The van der Waals surface area contributed by atoms with E-state index in [2.05, 4.69) is 17.6 Å². The van der Waals surface area contributed by atoms with Crippen LogP contribution in [0.25, 0.3) is 0 Å². The summed E-state index contributed by atoms with van der Waals surface area (Å²) >= 11 is 0. The Balaban J connectivity index is 2.40. The van der Waals surface area contributed by atoms with Crippen LogP contribution in [-0.4, -0.2) is 49.0 Å². The molecule has 3 N–H and O–H groups in total. The summed E-state index contributed by atoms with van der Waals surface area (Å²) in [7, 11) is 0. The molecule has 0 radical (unpaired) electrons. The number of aliphatic hydroxyl groups is 1. The molecule has 1 rings (SSSR count). The lowest BCUT2D eigenvalue weighted by Crippen LogP contribution is -2.48. The molecule has 0 aromatic rings. The lowest BCUT2D eigenvalue weighted by atomic mass is 10.0. The third kappa shape index (κ3) is 4.55. The van der Waals surface area contributed by atoms with Crippen LogP contribution in [0.2, 0.25) is 0 Å². The molecule has 0 aromatic carbocycles. The molecule has 0 saturated carbocycles. The molecule has 0 spiro atoms. The third-order valence-electron chi connectivity index (χ3n) is 3.48. The van der Waals surface area contributed by atoms with Crippen molar-refractivity contribution in [2.75, 3.05) is 26.3 Å². The summed E-state index contributed by atoms with van der Waals surface area (Å²) in [5, 5.41) is 16.0. The van der Waals surface area contributed by atoms with Gasteiger partial charge in [-0.1, -0.05) is 13.8 Å². The molecule has 0 aliphatic carbocycles. The molecule has 3 unspecified atom stereocenters. The second kappa shape index (κ2) is 7.07. The Morgan fingerprint density at radius 3 is 2.78 bits per heavy atom. The van der Waals surface area contributed by atoms with Gasteiger partial charge in [0.2, 0.25) is 5.91 Å². The van der Waals surface area contributed by atoms with E-state index in [1.165, 1.54) is 0 Å². The smallest absolute Gasteiger partial charge is 0.227 e. The zero-order valence-corrected chi connectivity index (χ0v) is 11.7. The van der Waals surface area contributed by atoms with E-state index in [1.54, 1.807) is 6.92 Å². The molecule has 106 valence electrons. The molecular weight excluding hydrogens is 232 g/mol. The summed E-state index contributed by atoms with van der Waals surface area (Å²) < 4.78 is 5.36. The third-order valence-corrected chi connectivity index (χ3v) is 3.48. The van der Waals surface area contributed by atoms with Crippen LogP contribution in [0.4, 0.5) is 0 Å². The minimum Gasteiger partial charge on any atom is -0.388 e. The van der Waals surface area contributed by atoms with Crippen LogP contribution in [0.5, 0.6) is 0 Å². The number of rotatable bonds is 7. The maximum atomic E-state index is 12.0. The molecule has 1 fully saturated rings. The summed E-state index contributed by atoms with van der Waals surface area (Å²) in [6.07, 6.45) is 1.65. The number of ether oxygens (including phenoxy) is 1. The topological polar surface area (TPSA) is 70.6 Å². The van der Waals surface area contributed by atoms with Crippen molar-refractivity contribution in [2.24, 2.45) is 5.92 Å². The van der Waals surface area contributed by atoms with Crippen LogP contribution < -0.4 is 10.6 Å². The molecule has 1 aliphatic heterocycles. The standard InChI is InChI=1S/C13H26N2O3/c1-4-6-14-11-8-18-7-10(11)12(16)15-9-13(3,17)5-2/h10-11,14,17H,4-9H2,1-3H3,(H,15,16). The Morgan fingerprint density at radius 2 is 2.17 bits per heavy atom. The lowest BCUT2D eigenvalue weighted by molar-refractivity contribution is -0.126. The van der Waals surface area contributed by atoms with E-state index < -0.39 is 5.60 Å². The van der Waals surface area contributed by atoms with E-state index >= 15 is 0 Å². The van der Waals surface area contributed by atoms with Crippen LogP contribution in [0.1, 0.15) is 33.6 Å². The fourth-order valence-corrected chi connectivity index (χ4v) is 1.88. The van der Waals surface area contributed by atoms with Crippen molar-refractivity contribution in [2.45, 2.75) is 45.3 Å². The highest BCUT2D eigenvalue weighted by Gasteiger charge is 2.34. The second-order valence-corrected chi connectivity index (χ2v) is 5.27. The average molecular weight is 258 g/mol. The van der Waals surface area contributed by atoms with Gasteiger partial charge in [0, 0.05) is 12.6 Å². The molecule has 5 nitrogen and oxygen atoms in total. The Hall–Kier alpha value is -0.650. The summed E-state index contributed by atoms with van der Waals surface area (Å²) in [6, 6.07) is 0.0940. The van der Waals surface area contributed by atoms with Gasteiger partial charge in [0.1, 0.15) is 0 Å². The molecule has 0 bridgehead atoms. The lowest BCUT2D eigenvalue weighted by Gasteiger charge is -2.24. The number of amides is 1. The SMILES string of the molecule is CCCNC1COCC1C(=O)NCC(C)(O)CC. The van der Waals surface area contributed by atoms with E-state index in [9.17, 15) is 9.90 Å². The summed E-state index contributed by atoms with van der Waals surface area (Å²) in [6.45, 7) is 7.95. The monoisotopic (exact) mass is 258 g/mol. The van der Waals surface area contributed by atoms with Crippen LogP contribution >= 0.6 is 0 Å². The van der Waals surface area contributed by atoms with Gasteiger partial charge in [-0.05, 0) is 26.3 Å². The number of hydrogen-bond donors (Lipinski definition) is 3. The maximum Gasteiger partial charge on any atom is 0.227 e. The Labute approximate surface area is 109 Å². The molecular formula is C13H26N2O3. The van der Waals surface area contributed by atoms with Crippen molar-refractivity contribution in [1.82, 2.24) is 10.6 Å². The van der Waals surface area contributed by atoms with Crippen LogP contribution in [0.15, 0.2) is 0 Å². The maximum absolute atomic E-state index is 12.0. The predicted molar refractivity (Wildman–Crippen MR) is 70.3 cm³/mol.